The standard InChI is InChI=1S/C22H21F6N7O2S/c1-29-17-8-13(2-3-30-17)12-37-19-18(32-38-33-19)34-4-6-35(7-5-34)20(36)31-16-10-14(21(23,24)25)9-15(11-16)22(26,27)28/h2-3,8-11H,4-7,12H2,1H3,(H,29,30)(H,31,36). The predicted octanol–water partition coefficient (Wildman–Crippen LogP) is 4.95. The number of aromatic nitrogens is 3. The van der Waals surface area contributed by atoms with E-state index in [0.717, 1.165) is 17.3 Å². The molecular formula is C22H21F6N7O2S. The molecule has 0 spiro atoms. The number of hydrogen-bond donors (Lipinski definition) is 2. The van der Waals surface area contributed by atoms with Crippen LogP contribution in [0.25, 0.3) is 0 Å². The van der Waals surface area contributed by atoms with Crippen molar-refractivity contribution in [3.8, 4) is 5.88 Å². The maximum Gasteiger partial charge on any atom is 0.416 e. The molecule has 3 aromatic rings. The van der Waals surface area contributed by atoms with E-state index in [1.807, 2.05) is 11.0 Å². The molecule has 1 saturated heterocycles. The lowest BCUT2D eigenvalue weighted by molar-refractivity contribution is -0.143. The number of carbonyl (C=O) groups excluding carboxylic acids is 1. The number of nitrogens with one attached hydrogen (secondary N) is 2. The van der Waals surface area contributed by atoms with Crippen molar-refractivity contribution in [1.82, 2.24) is 18.6 Å². The summed E-state index contributed by atoms with van der Waals surface area (Å²) in [5, 5.41) is 5.09. The van der Waals surface area contributed by atoms with Gasteiger partial charge in [-0.25, -0.2) is 9.78 Å². The van der Waals surface area contributed by atoms with Crippen LogP contribution in [0, 0.1) is 0 Å². The van der Waals surface area contributed by atoms with Crippen LogP contribution < -0.4 is 20.3 Å². The Hall–Kier alpha value is -3.82. The van der Waals surface area contributed by atoms with E-state index in [0.29, 0.717) is 42.7 Å². The van der Waals surface area contributed by atoms with Crippen LogP contribution in [0.4, 0.5) is 48.5 Å². The zero-order valence-electron chi connectivity index (χ0n) is 19.7. The van der Waals surface area contributed by atoms with Gasteiger partial charge in [0.1, 0.15) is 12.4 Å². The van der Waals surface area contributed by atoms with Gasteiger partial charge in [-0.1, -0.05) is 0 Å². The fourth-order valence-corrected chi connectivity index (χ4v) is 4.18. The monoisotopic (exact) mass is 561 g/mol. The van der Waals surface area contributed by atoms with Gasteiger partial charge in [-0.05, 0) is 35.9 Å². The van der Waals surface area contributed by atoms with Gasteiger partial charge in [-0.3, -0.25) is 0 Å². The van der Waals surface area contributed by atoms with E-state index in [-0.39, 0.29) is 25.8 Å². The van der Waals surface area contributed by atoms with Gasteiger partial charge in [-0.2, -0.15) is 30.7 Å². The molecule has 0 radical (unpaired) electrons. The van der Waals surface area contributed by atoms with E-state index in [4.69, 9.17) is 4.74 Å². The second kappa shape index (κ2) is 10.9. The van der Waals surface area contributed by atoms with Crippen molar-refractivity contribution in [2.75, 3.05) is 48.8 Å². The number of carbonyl (C=O) groups is 1. The molecule has 4 rings (SSSR count). The van der Waals surface area contributed by atoms with Crippen LogP contribution in [-0.2, 0) is 19.0 Å². The Labute approximate surface area is 216 Å². The van der Waals surface area contributed by atoms with E-state index in [2.05, 4.69) is 24.4 Å². The summed E-state index contributed by atoms with van der Waals surface area (Å²) in [6.45, 7) is 1.10. The van der Waals surface area contributed by atoms with Crippen LogP contribution >= 0.6 is 11.7 Å². The first-order chi connectivity index (χ1) is 17.9. The largest absolute Gasteiger partial charge is 0.470 e. The number of halogens is 6. The summed E-state index contributed by atoms with van der Waals surface area (Å²) < 4.78 is 92.9. The number of ether oxygens (including phenoxy) is 1. The molecule has 1 fully saturated rings. The normalized spacial score (nSPS) is 14.4. The molecule has 9 nitrogen and oxygen atoms in total. The minimum absolute atomic E-state index is 0.00423. The van der Waals surface area contributed by atoms with Crippen LogP contribution in [0.3, 0.4) is 0 Å². The average Bonchev–Trinajstić information content (AvgIpc) is 3.35. The van der Waals surface area contributed by atoms with E-state index < -0.39 is 35.2 Å². The van der Waals surface area contributed by atoms with Crippen molar-refractivity contribution in [3.63, 3.8) is 0 Å². The van der Waals surface area contributed by atoms with Crippen molar-refractivity contribution < 1.29 is 35.9 Å². The van der Waals surface area contributed by atoms with Crippen LogP contribution in [0.15, 0.2) is 36.5 Å². The summed E-state index contributed by atoms with van der Waals surface area (Å²) in [5.74, 6) is 1.46. The number of rotatable bonds is 6. The number of anilines is 3. The van der Waals surface area contributed by atoms with E-state index in [1.54, 1.807) is 19.3 Å². The summed E-state index contributed by atoms with van der Waals surface area (Å²) in [6, 6.07) is 3.73. The number of hydrogen-bond acceptors (Lipinski definition) is 8. The van der Waals surface area contributed by atoms with Gasteiger partial charge in [0, 0.05) is 45.1 Å². The highest BCUT2D eigenvalue weighted by Crippen LogP contribution is 2.37. The van der Waals surface area contributed by atoms with Gasteiger partial charge >= 0.3 is 18.4 Å². The second-order valence-electron chi connectivity index (χ2n) is 8.18. The maximum atomic E-state index is 13.1. The minimum atomic E-state index is -5.01. The molecule has 2 N–H and O–H groups in total. The van der Waals surface area contributed by atoms with Gasteiger partial charge in [0.05, 0.1) is 22.9 Å². The van der Waals surface area contributed by atoms with E-state index >= 15 is 0 Å². The van der Waals surface area contributed by atoms with Crippen LogP contribution in [-0.4, -0.2) is 57.9 Å². The van der Waals surface area contributed by atoms with Gasteiger partial charge in [0.25, 0.3) is 5.88 Å². The quantitative estimate of drug-likeness (QED) is 0.412. The van der Waals surface area contributed by atoms with E-state index in [1.165, 1.54) is 4.90 Å². The van der Waals surface area contributed by atoms with Crippen molar-refractivity contribution in [2.24, 2.45) is 0 Å². The zero-order valence-corrected chi connectivity index (χ0v) is 20.5. The molecule has 1 aromatic carbocycles. The third-order valence-electron chi connectivity index (χ3n) is 5.60. The first kappa shape index (κ1) is 27.2. The van der Waals surface area contributed by atoms with Gasteiger partial charge in [0.2, 0.25) is 5.82 Å². The Balaban J connectivity index is 1.37. The molecule has 2 aromatic heterocycles. The second-order valence-corrected chi connectivity index (χ2v) is 8.71. The number of amides is 2. The molecule has 204 valence electrons. The first-order valence-electron chi connectivity index (χ1n) is 11.1. The fraction of sp³-hybridized carbons (Fsp3) is 0.364. The Morgan fingerprint density at radius 1 is 1.00 bits per heavy atom. The number of urea groups is 1. The highest BCUT2D eigenvalue weighted by atomic mass is 32.1. The Morgan fingerprint density at radius 3 is 2.26 bits per heavy atom. The van der Waals surface area contributed by atoms with Crippen molar-refractivity contribution in [3.05, 3.63) is 53.2 Å². The minimum Gasteiger partial charge on any atom is -0.470 e. The van der Waals surface area contributed by atoms with Crippen molar-refractivity contribution in [2.45, 2.75) is 19.0 Å². The third-order valence-corrected chi connectivity index (χ3v) is 6.11. The van der Waals surface area contributed by atoms with E-state index in [9.17, 15) is 31.1 Å². The molecule has 3 heterocycles. The molecule has 1 aliphatic heterocycles. The van der Waals surface area contributed by atoms with Crippen molar-refractivity contribution in [1.29, 1.82) is 0 Å². The Kier molecular flexibility index (Phi) is 7.80. The fourth-order valence-electron chi connectivity index (χ4n) is 3.66. The number of piperazine rings is 1. The molecule has 0 unspecified atom stereocenters. The molecule has 0 bridgehead atoms. The summed E-state index contributed by atoms with van der Waals surface area (Å²) >= 11 is 0.950. The third kappa shape index (κ3) is 6.54. The molecule has 38 heavy (non-hydrogen) atoms. The van der Waals surface area contributed by atoms with Gasteiger partial charge < -0.3 is 25.2 Å². The molecule has 16 heteroatoms. The molecule has 0 atom stereocenters. The first-order valence-corrected chi connectivity index (χ1v) is 11.9. The lowest BCUT2D eigenvalue weighted by Crippen LogP contribution is -2.50. The molecule has 0 saturated carbocycles. The van der Waals surface area contributed by atoms with Crippen LogP contribution in [0.1, 0.15) is 16.7 Å². The van der Waals surface area contributed by atoms with Crippen LogP contribution in [0.5, 0.6) is 5.88 Å². The maximum absolute atomic E-state index is 13.1. The van der Waals surface area contributed by atoms with Crippen molar-refractivity contribution >= 4 is 35.1 Å². The number of benzene rings is 1. The molecule has 2 amide bonds. The van der Waals surface area contributed by atoms with Gasteiger partial charge in [-0.15, -0.1) is 4.37 Å². The summed E-state index contributed by atoms with van der Waals surface area (Å²) in [6.07, 6.45) is -8.39. The summed E-state index contributed by atoms with van der Waals surface area (Å²) in [7, 11) is 1.74. The smallest absolute Gasteiger partial charge is 0.416 e. The molecule has 0 aliphatic carbocycles. The van der Waals surface area contributed by atoms with Crippen LogP contribution in [0.2, 0.25) is 0 Å². The number of nitrogens with zero attached hydrogens (tertiary/aromatic N) is 5. The highest BCUT2D eigenvalue weighted by molar-refractivity contribution is 6.99. The zero-order chi connectivity index (χ0) is 27.5. The number of alkyl halides is 6. The Bertz CT molecular complexity index is 1240. The Morgan fingerprint density at radius 2 is 1.66 bits per heavy atom. The predicted molar refractivity (Wildman–Crippen MR) is 127 cm³/mol. The average molecular weight is 562 g/mol. The number of pyridine rings is 1. The summed E-state index contributed by atoms with van der Waals surface area (Å²) in [4.78, 5) is 19.9. The molecule has 1 aliphatic rings. The lowest BCUT2D eigenvalue weighted by Gasteiger charge is -2.34. The lowest BCUT2D eigenvalue weighted by atomic mass is 10.1. The topological polar surface area (TPSA) is 95.5 Å². The highest BCUT2D eigenvalue weighted by Gasteiger charge is 2.37. The summed E-state index contributed by atoms with van der Waals surface area (Å²) in [5.41, 5.74) is -2.76. The molecular weight excluding hydrogens is 540 g/mol. The SMILES string of the molecule is CNc1cc(COc2nsnc2N2CCN(C(=O)Nc3cc(C(F)(F)F)cc(C(F)(F)F)c3)CC2)ccn1. The van der Waals surface area contributed by atoms with Gasteiger partial charge in [0.15, 0.2) is 0 Å².